The molecule has 11 heteroatoms. The number of hydrogen-bond donors (Lipinski definition) is 6. The first kappa shape index (κ1) is 19.2. The van der Waals surface area contributed by atoms with E-state index in [1.807, 2.05) is 0 Å². The number of aromatic nitrogens is 2. The Morgan fingerprint density at radius 3 is 1.52 bits per heavy atom. The van der Waals surface area contributed by atoms with Crippen LogP contribution in [0.3, 0.4) is 0 Å². The van der Waals surface area contributed by atoms with Gasteiger partial charge in [-0.1, -0.05) is 0 Å². The Kier molecular flexibility index (Phi) is 5.30. The number of nitrogens with one attached hydrogen (secondary N) is 4. The molecule has 0 aliphatic rings. The molecule has 146 valence electrons. The Balaban J connectivity index is 1.90. The largest absolute Gasteiger partial charge is 0.384 e. The Hall–Kier alpha value is -4.54. The normalized spacial score (nSPS) is 10.2. The summed E-state index contributed by atoms with van der Waals surface area (Å²) in [5.74, 6) is -0.148. The lowest BCUT2D eigenvalue weighted by Crippen LogP contribution is -2.11. The van der Waals surface area contributed by atoms with Gasteiger partial charge in [-0.2, -0.15) is 0 Å². The summed E-state index contributed by atoms with van der Waals surface area (Å²) in [5, 5.41) is 32.2. The third-order valence-electron chi connectivity index (χ3n) is 3.92. The summed E-state index contributed by atoms with van der Waals surface area (Å²) in [7, 11) is 0. The van der Waals surface area contributed by atoms with E-state index in [2.05, 4.69) is 20.6 Å². The van der Waals surface area contributed by atoms with Gasteiger partial charge in [-0.3, -0.25) is 20.9 Å². The van der Waals surface area contributed by atoms with Crippen molar-refractivity contribution < 1.29 is 4.92 Å². The molecule has 3 rings (SSSR count). The van der Waals surface area contributed by atoms with Gasteiger partial charge in [0.2, 0.25) is 11.6 Å². The second kappa shape index (κ2) is 8.00. The minimum atomic E-state index is -0.585. The molecule has 3 aromatic rings. The molecule has 0 saturated heterocycles. The number of benzene rings is 2. The van der Waals surface area contributed by atoms with Crippen LogP contribution in [0.5, 0.6) is 0 Å². The van der Waals surface area contributed by atoms with Gasteiger partial charge in [0, 0.05) is 22.5 Å². The number of nitro groups is 1. The van der Waals surface area contributed by atoms with Crippen LogP contribution in [-0.2, 0) is 0 Å². The second-order valence-electron chi connectivity index (χ2n) is 5.91. The van der Waals surface area contributed by atoms with E-state index in [-0.39, 0.29) is 29.0 Å². The zero-order chi connectivity index (χ0) is 21.0. The zero-order valence-corrected chi connectivity index (χ0v) is 15.0. The summed E-state index contributed by atoms with van der Waals surface area (Å²) < 4.78 is 0. The molecule has 8 N–H and O–H groups in total. The van der Waals surface area contributed by atoms with E-state index < -0.39 is 4.92 Å². The Bertz CT molecular complexity index is 1000. The van der Waals surface area contributed by atoms with E-state index in [1.165, 1.54) is 6.33 Å². The summed E-state index contributed by atoms with van der Waals surface area (Å²) in [6.07, 6.45) is 1.20. The van der Waals surface area contributed by atoms with Gasteiger partial charge in [0.05, 0.1) is 4.92 Å². The molecule has 0 atom stereocenters. The molecule has 29 heavy (non-hydrogen) atoms. The van der Waals surface area contributed by atoms with E-state index in [0.29, 0.717) is 22.5 Å². The smallest absolute Gasteiger partial charge is 0.353 e. The molecule has 0 fully saturated rings. The van der Waals surface area contributed by atoms with Gasteiger partial charge in [-0.05, 0) is 48.5 Å². The van der Waals surface area contributed by atoms with Crippen molar-refractivity contribution >= 4 is 40.4 Å². The highest BCUT2D eigenvalue weighted by molar-refractivity contribution is 5.96. The quantitative estimate of drug-likeness (QED) is 0.153. The van der Waals surface area contributed by atoms with E-state index >= 15 is 0 Å². The Morgan fingerprint density at radius 1 is 0.828 bits per heavy atom. The SMILES string of the molecule is N=C(N)c1ccc(Nc2ncnc(Nc3ccc(C(=N)N)cc3)c2[N+](=O)[O-])cc1. The number of anilines is 4. The number of hydrogen-bond acceptors (Lipinski definition) is 8. The van der Waals surface area contributed by atoms with Gasteiger partial charge in [0.1, 0.15) is 18.0 Å². The van der Waals surface area contributed by atoms with Crippen LogP contribution >= 0.6 is 0 Å². The van der Waals surface area contributed by atoms with Crippen LogP contribution in [0, 0.1) is 20.9 Å². The van der Waals surface area contributed by atoms with E-state index in [9.17, 15) is 10.1 Å². The average molecular weight is 391 g/mol. The van der Waals surface area contributed by atoms with Gasteiger partial charge < -0.3 is 22.1 Å². The third kappa shape index (κ3) is 4.42. The molecule has 0 spiro atoms. The molecule has 0 radical (unpaired) electrons. The lowest BCUT2D eigenvalue weighted by Gasteiger charge is -2.11. The van der Waals surface area contributed by atoms with Crippen molar-refractivity contribution in [3.8, 4) is 0 Å². The number of amidine groups is 2. The van der Waals surface area contributed by atoms with Crippen molar-refractivity contribution in [3.05, 3.63) is 76.1 Å². The highest BCUT2D eigenvalue weighted by Gasteiger charge is 2.23. The van der Waals surface area contributed by atoms with Crippen molar-refractivity contribution in [1.82, 2.24) is 9.97 Å². The standard InChI is InChI=1S/C18H17N9O2/c19-15(20)10-1-5-12(6-2-10)25-17-14(27(28)29)18(24-9-23-17)26-13-7-3-11(4-8-13)16(21)22/h1-9H,(H3,19,20)(H3,21,22)(H2,23,24,25,26). The van der Waals surface area contributed by atoms with E-state index in [0.717, 1.165) is 0 Å². The Morgan fingerprint density at radius 2 is 1.21 bits per heavy atom. The number of nitrogens with two attached hydrogens (primary N) is 2. The highest BCUT2D eigenvalue weighted by atomic mass is 16.6. The highest BCUT2D eigenvalue weighted by Crippen LogP contribution is 2.33. The summed E-state index contributed by atoms with van der Waals surface area (Å²) in [6.45, 7) is 0. The lowest BCUT2D eigenvalue weighted by molar-refractivity contribution is -0.383. The minimum Gasteiger partial charge on any atom is -0.384 e. The molecule has 0 amide bonds. The molecule has 2 aromatic carbocycles. The monoisotopic (exact) mass is 391 g/mol. The van der Waals surface area contributed by atoms with Gasteiger partial charge in [-0.25, -0.2) is 9.97 Å². The van der Waals surface area contributed by atoms with Crippen LogP contribution in [0.2, 0.25) is 0 Å². The Labute approximate surface area is 165 Å². The first-order valence-electron chi connectivity index (χ1n) is 8.27. The second-order valence-corrected chi connectivity index (χ2v) is 5.91. The van der Waals surface area contributed by atoms with Gasteiger partial charge >= 0.3 is 5.69 Å². The van der Waals surface area contributed by atoms with Crippen LogP contribution in [0.25, 0.3) is 0 Å². The predicted molar refractivity (Wildman–Crippen MR) is 110 cm³/mol. The summed E-state index contributed by atoms with van der Waals surface area (Å²) in [5.41, 5.74) is 12.7. The molecule has 0 unspecified atom stereocenters. The molecule has 0 aliphatic carbocycles. The van der Waals surface area contributed by atoms with Crippen molar-refractivity contribution in [3.63, 3.8) is 0 Å². The summed E-state index contributed by atoms with van der Waals surface area (Å²) in [6, 6.07) is 13.0. The van der Waals surface area contributed by atoms with Gasteiger partial charge in [-0.15, -0.1) is 0 Å². The lowest BCUT2D eigenvalue weighted by atomic mass is 10.2. The topological polar surface area (TPSA) is 193 Å². The van der Waals surface area contributed by atoms with Crippen molar-refractivity contribution in [2.24, 2.45) is 11.5 Å². The molecule has 0 bridgehead atoms. The van der Waals surface area contributed by atoms with E-state index in [4.69, 9.17) is 22.3 Å². The van der Waals surface area contributed by atoms with E-state index in [1.54, 1.807) is 48.5 Å². The fraction of sp³-hybridized carbons (Fsp3) is 0. The van der Waals surface area contributed by atoms with Crippen LogP contribution in [0.1, 0.15) is 11.1 Å². The van der Waals surface area contributed by atoms with Crippen molar-refractivity contribution in [1.29, 1.82) is 10.8 Å². The minimum absolute atomic E-state index is 0.00318. The predicted octanol–water partition coefficient (Wildman–Crippen LogP) is 2.44. The molecule has 0 saturated carbocycles. The fourth-order valence-corrected chi connectivity index (χ4v) is 2.47. The number of nitrogens with zero attached hydrogens (tertiary/aromatic N) is 3. The van der Waals surface area contributed by atoms with Crippen LogP contribution in [-0.4, -0.2) is 26.6 Å². The van der Waals surface area contributed by atoms with Gasteiger partial charge in [0.25, 0.3) is 0 Å². The number of rotatable bonds is 7. The van der Waals surface area contributed by atoms with Gasteiger partial charge in [0.15, 0.2) is 0 Å². The molecule has 11 nitrogen and oxygen atoms in total. The van der Waals surface area contributed by atoms with Crippen molar-refractivity contribution in [2.45, 2.75) is 0 Å². The summed E-state index contributed by atoms with van der Waals surface area (Å²) in [4.78, 5) is 19.0. The number of nitrogen functional groups attached to an aromatic ring is 2. The maximum absolute atomic E-state index is 11.7. The molecule has 1 heterocycles. The molecule has 1 aromatic heterocycles. The first-order chi connectivity index (χ1) is 13.8. The van der Waals surface area contributed by atoms with Crippen LogP contribution < -0.4 is 22.1 Å². The maximum atomic E-state index is 11.7. The molecule has 0 aliphatic heterocycles. The van der Waals surface area contributed by atoms with Crippen molar-refractivity contribution in [2.75, 3.05) is 10.6 Å². The van der Waals surface area contributed by atoms with Crippen LogP contribution in [0.4, 0.5) is 28.7 Å². The fourth-order valence-electron chi connectivity index (χ4n) is 2.47. The zero-order valence-electron chi connectivity index (χ0n) is 15.0. The van der Waals surface area contributed by atoms with Crippen LogP contribution in [0.15, 0.2) is 54.9 Å². The third-order valence-corrected chi connectivity index (χ3v) is 3.92. The maximum Gasteiger partial charge on any atom is 0.353 e. The summed E-state index contributed by atoms with van der Waals surface area (Å²) >= 11 is 0. The molecular formula is C18H17N9O2. The first-order valence-corrected chi connectivity index (χ1v) is 8.27. The average Bonchev–Trinajstić information content (AvgIpc) is 2.68. The molecular weight excluding hydrogens is 374 g/mol.